The minimum absolute atomic E-state index is 0.0292. The number of anilines is 1. The third kappa shape index (κ3) is 9.38. The lowest BCUT2D eigenvalue weighted by Crippen LogP contribution is -2.28. The summed E-state index contributed by atoms with van der Waals surface area (Å²) in [4.78, 5) is 40.0. The first-order chi connectivity index (χ1) is 26.2. The second-order valence-electron chi connectivity index (χ2n) is 14.9. The first-order valence-electron chi connectivity index (χ1n) is 19.4. The molecule has 2 N–H and O–H groups in total. The van der Waals surface area contributed by atoms with Crippen molar-refractivity contribution in [2.24, 2.45) is 0 Å². The maximum Gasteiger partial charge on any atom is 0.351 e. The Kier molecular flexibility index (Phi) is 13.4. The van der Waals surface area contributed by atoms with Gasteiger partial charge in [0.15, 0.2) is 11.3 Å². The Balaban J connectivity index is 1.53. The number of hydrogen-bond donors (Lipinski definition) is 2. The third-order valence-corrected chi connectivity index (χ3v) is 11.3. The Labute approximate surface area is 321 Å². The molecular weight excluding hydrogens is 725 g/mol. The molecule has 2 aromatic heterocycles. The topological polar surface area (TPSA) is 181 Å². The average molecular weight is 777 g/mol. The summed E-state index contributed by atoms with van der Waals surface area (Å²) in [5.41, 5.74) is 0.0245. The number of carbonyl (C=O) groups is 1. The number of nitrogens with zero attached hydrogens (tertiary/aromatic N) is 2. The number of carboxylic acid groups (broad SMARTS) is 1. The van der Waals surface area contributed by atoms with Gasteiger partial charge in [0.05, 0.1) is 15.7 Å². The van der Waals surface area contributed by atoms with Crippen LogP contribution in [0, 0.1) is 0 Å². The molecule has 0 fully saturated rings. The number of unbranched alkanes of at least 4 members (excludes halogenated alkanes) is 8. The first-order valence-corrected chi connectivity index (χ1v) is 20.8. The van der Waals surface area contributed by atoms with Gasteiger partial charge in [-0.15, -0.1) is 0 Å². The fourth-order valence-corrected chi connectivity index (χ4v) is 7.96. The van der Waals surface area contributed by atoms with Crippen molar-refractivity contribution in [1.82, 2.24) is 0 Å². The zero-order valence-electron chi connectivity index (χ0n) is 32.2. The molecule has 0 radical (unpaired) electrons. The third-order valence-electron chi connectivity index (χ3n) is 10.5. The van der Waals surface area contributed by atoms with Gasteiger partial charge in [0.25, 0.3) is 0 Å². The molecule has 55 heavy (non-hydrogen) atoms. The largest absolute Gasteiger partial charge is 0.744 e. The fraction of sp³-hybridized carbons (Fsp3) is 0.476. The maximum absolute atomic E-state index is 13.6. The summed E-state index contributed by atoms with van der Waals surface area (Å²) in [6, 6.07) is 9.60. The Morgan fingerprint density at radius 3 is 2.18 bits per heavy atom. The molecule has 296 valence electrons. The van der Waals surface area contributed by atoms with E-state index in [1.165, 1.54) is 18.2 Å². The van der Waals surface area contributed by atoms with Crippen molar-refractivity contribution in [1.29, 1.82) is 0 Å². The molecule has 1 aliphatic rings. The van der Waals surface area contributed by atoms with E-state index in [4.69, 9.17) is 13.9 Å². The van der Waals surface area contributed by atoms with Crippen LogP contribution in [0.25, 0.3) is 28.0 Å². The standard InChI is InChI=1S/C42H52N2O10S/c1-5-7-9-13-23-43(24-14-10-8-6-2)28-17-19-30-34(26-28)53-41(49)37-38(47)31(40(48)54-39(30)37)20-22-35-42(3,4)32-27-29(55(50,51)52)18-21-33(32)44(35)25-15-11-12-16-36(45)46/h17-22,26-27H,5-16,23-25H2,1-4H3,(H2,45,46,50,51,52). The van der Waals surface area contributed by atoms with Gasteiger partial charge in [-0.3, -0.25) is 4.79 Å². The average Bonchev–Trinajstić information content (AvgIpc) is 3.34. The van der Waals surface area contributed by atoms with Crippen molar-refractivity contribution in [3.05, 3.63) is 74.4 Å². The molecule has 0 saturated carbocycles. The molecule has 12 nitrogen and oxygen atoms in total. The number of rotatable bonds is 20. The van der Waals surface area contributed by atoms with Crippen LogP contribution in [0.15, 0.2) is 65.8 Å². The van der Waals surface area contributed by atoms with Crippen molar-refractivity contribution in [3.8, 4) is 5.75 Å². The number of aliphatic carboxylic acids is 1. The van der Waals surface area contributed by atoms with Crippen LogP contribution >= 0.6 is 0 Å². The van der Waals surface area contributed by atoms with Gasteiger partial charge in [-0.05, 0) is 69.9 Å². The molecule has 3 heterocycles. The van der Waals surface area contributed by atoms with Gasteiger partial charge in [0.1, 0.15) is 38.9 Å². The molecule has 0 unspecified atom stereocenters. The number of aromatic hydroxyl groups is 1. The van der Waals surface area contributed by atoms with E-state index in [1.54, 1.807) is 24.3 Å². The van der Waals surface area contributed by atoms with Crippen LogP contribution in [0.4, 0.5) is 11.4 Å². The van der Waals surface area contributed by atoms with Gasteiger partial charge in [-0.1, -0.05) is 52.4 Å². The van der Waals surface area contributed by atoms with Crippen LogP contribution in [0.5, 0.6) is 5.75 Å². The zero-order valence-corrected chi connectivity index (χ0v) is 33.0. The number of carboxylic acids is 1. The second-order valence-corrected chi connectivity index (χ2v) is 16.2. The highest BCUT2D eigenvalue weighted by Crippen LogP contribution is 2.42. The fourth-order valence-electron chi connectivity index (χ4n) is 7.46. The zero-order chi connectivity index (χ0) is 39.9. The molecule has 0 saturated heterocycles. The normalized spacial score (nSPS) is 14.1. The lowest BCUT2D eigenvalue weighted by molar-refractivity contribution is -0.438. The number of allylic oxidation sites excluding steroid dienone is 1. The van der Waals surface area contributed by atoms with Crippen LogP contribution in [-0.2, 0) is 20.3 Å². The van der Waals surface area contributed by atoms with Gasteiger partial charge < -0.3 is 28.5 Å². The van der Waals surface area contributed by atoms with E-state index < -0.39 is 38.5 Å². The lowest BCUT2D eigenvalue weighted by atomic mass is 9.81. The summed E-state index contributed by atoms with van der Waals surface area (Å²) in [7, 11) is -4.75. The Bertz CT molecular complexity index is 2320. The quantitative estimate of drug-likeness (QED) is 0.0290. The Morgan fingerprint density at radius 1 is 0.873 bits per heavy atom. The van der Waals surface area contributed by atoms with E-state index in [0.717, 1.165) is 70.1 Å². The smallest absolute Gasteiger partial charge is 0.351 e. The molecule has 0 spiro atoms. The van der Waals surface area contributed by atoms with E-state index >= 15 is 0 Å². The highest BCUT2D eigenvalue weighted by atomic mass is 32.2. The minimum atomic E-state index is -4.75. The summed E-state index contributed by atoms with van der Waals surface area (Å²) < 4.78 is 49.2. The van der Waals surface area contributed by atoms with Gasteiger partial charge >= 0.3 is 17.2 Å². The summed E-state index contributed by atoms with van der Waals surface area (Å²) in [6.07, 6.45) is 13.6. The van der Waals surface area contributed by atoms with Crippen LogP contribution in [0.2, 0.25) is 0 Å². The van der Waals surface area contributed by atoms with Gasteiger partial charge in [-0.25, -0.2) is 18.0 Å². The van der Waals surface area contributed by atoms with Gasteiger partial charge in [-0.2, -0.15) is 4.58 Å². The van der Waals surface area contributed by atoms with E-state index in [1.807, 2.05) is 24.5 Å². The van der Waals surface area contributed by atoms with Crippen molar-refractivity contribution < 1.29 is 41.4 Å². The highest BCUT2D eigenvalue weighted by Gasteiger charge is 2.44. The molecular formula is C42H52N2O10S. The molecule has 1 aliphatic heterocycles. The lowest BCUT2D eigenvalue weighted by Gasteiger charge is -2.25. The number of hydrogen-bond acceptors (Lipinski definition) is 10. The van der Waals surface area contributed by atoms with Crippen molar-refractivity contribution in [3.63, 3.8) is 0 Å². The number of fused-ring (bicyclic) bond motifs is 4. The van der Waals surface area contributed by atoms with Crippen molar-refractivity contribution in [2.45, 2.75) is 115 Å². The van der Waals surface area contributed by atoms with Crippen LogP contribution in [-0.4, -0.2) is 59.1 Å². The predicted molar refractivity (Wildman–Crippen MR) is 213 cm³/mol. The first kappa shape index (κ1) is 41.4. The summed E-state index contributed by atoms with van der Waals surface area (Å²) in [6.45, 7) is 10.2. The van der Waals surface area contributed by atoms with Crippen LogP contribution in [0.3, 0.4) is 0 Å². The van der Waals surface area contributed by atoms with Crippen LogP contribution < -0.4 is 16.2 Å². The molecule has 0 aliphatic carbocycles. The van der Waals surface area contributed by atoms with Gasteiger partial charge in [0.2, 0.25) is 5.69 Å². The minimum Gasteiger partial charge on any atom is -0.744 e. The summed E-state index contributed by atoms with van der Waals surface area (Å²) >= 11 is 0. The molecule has 0 atom stereocenters. The van der Waals surface area contributed by atoms with Crippen LogP contribution in [0.1, 0.15) is 116 Å². The Morgan fingerprint density at radius 2 is 1.55 bits per heavy atom. The second kappa shape index (κ2) is 17.8. The monoisotopic (exact) mass is 776 g/mol. The van der Waals surface area contributed by atoms with E-state index in [0.29, 0.717) is 48.2 Å². The summed E-state index contributed by atoms with van der Waals surface area (Å²) in [5.74, 6) is -1.48. The van der Waals surface area contributed by atoms with E-state index in [-0.39, 0.29) is 33.4 Å². The molecule has 0 amide bonds. The van der Waals surface area contributed by atoms with Crippen molar-refractivity contribution >= 4 is 61.2 Å². The molecule has 13 heteroatoms. The van der Waals surface area contributed by atoms with Crippen molar-refractivity contribution in [2.75, 3.05) is 24.5 Å². The summed E-state index contributed by atoms with van der Waals surface area (Å²) in [5, 5.41) is 20.6. The Hall–Kier alpha value is -4.75. The molecule has 5 rings (SSSR count). The molecule has 0 bridgehead atoms. The highest BCUT2D eigenvalue weighted by molar-refractivity contribution is 7.85. The maximum atomic E-state index is 13.6. The van der Waals surface area contributed by atoms with Gasteiger partial charge in [0, 0.05) is 55.4 Å². The van der Waals surface area contributed by atoms with E-state index in [2.05, 4.69) is 18.7 Å². The predicted octanol–water partition coefficient (Wildman–Crippen LogP) is 8.21. The number of benzene rings is 2. The molecule has 4 aromatic rings. The molecule has 2 aromatic carbocycles. The SMILES string of the molecule is CCCCCCN(CCCCCC)c1ccc2c(c1)oc(=O)c1c(O)c(/C=C/C3=[N+](CCCCCC(=O)O)c4ccc(S(=O)(=O)[O-])cc4C3(C)C)c(=O)oc12. The van der Waals surface area contributed by atoms with E-state index in [9.17, 15) is 32.5 Å².